The maximum atomic E-state index is 12.3. The molecule has 0 fully saturated rings. The average molecular weight is 387 g/mol. The van der Waals surface area contributed by atoms with Gasteiger partial charge in [0.25, 0.3) is 0 Å². The molecule has 0 heterocycles. The first kappa shape index (κ1) is 18.6. The highest BCUT2D eigenvalue weighted by atomic mass is 79.9. The van der Waals surface area contributed by atoms with Gasteiger partial charge in [-0.25, -0.2) is 13.1 Å². The first-order valence-corrected chi connectivity index (χ1v) is 8.70. The van der Waals surface area contributed by atoms with Crippen molar-refractivity contribution in [3.8, 4) is 0 Å². The molecule has 0 aliphatic heterocycles. The molecule has 0 aliphatic rings. The zero-order valence-electron chi connectivity index (χ0n) is 12.3. The summed E-state index contributed by atoms with van der Waals surface area (Å²) in [6, 6.07) is 4.69. The van der Waals surface area contributed by atoms with Crippen molar-refractivity contribution in [2.45, 2.75) is 4.90 Å². The number of nitrogens with one attached hydrogen (secondary N) is 1. The number of rotatable bonds is 8. The second-order valence-electron chi connectivity index (χ2n) is 4.34. The van der Waals surface area contributed by atoms with Gasteiger partial charge in [-0.2, -0.15) is 0 Å². The Morgan fingerprint density at radius 3 is 2.86 bits per heavy atom. The van der Waals surface area contributed by atoms with Crippen LogP contribution in [0.15, 0.2) is 64.0 Å². The molecule has 5 nitrogen and oxygen atoms in total. The molecule has 0 aromatic heterocycles. The molecule has 0 spiro atoms. The number of benzene rings is 1. The number of halogens is 1. The fraction of sp³-hybridized carbons (Fsp3) is 0.200. The summed E-state index contributed by atoms with van der Waals surface area (Å²) in [4.78, 5) is 0.0423. The van der Waals surface area contributed by atoms with Crippen LogP contribution in [0.2, 0.25) is 0 Å². The summed E-state index contributed by atoms with van der Waals surface area (Å²) in [5.41, 5.74) is 6.69. The Morgan fingerprint density at radius 2 is 2.23 bits per heavy atom. The molecule has 3 N–H and O–H groups in total. The minimum Gasteiger partial charge on any atom is -0.398 e. The lowest BCUT2D eigenvalue weighted by atomic mass is 10.2. The lowest BCUT2D eigenvalue weighted by molar-refractivity contribution is 0.234. The van der Waals surface area contributed by atoms with Gasteiger partial charge in [-0.1, -0.05) is 46.8 Å². The topological polar surface area (TPSA) is 81.4 Å². The van der Waals surface area contributed by atoms with Crippen LogP contribution in [0.1, 0.15) is 0 Å². The lowest BCUT2D eigenvalue weighted by Gasteiger charge is -2.10. The van der Waals surface area contributed by atoms with Gasteiger partial charge in [0, 0.05) is 18.1 Å². The molecule has 0 radical (unpaired) electrons. The largest absolute Gasteiger partial charge is 0.398 e. The van der Waals surface area contributed by atoms with E-state index in [1.807, 2.05) is 0 Å². The summed E-state index contributed by atoms with van der Waals surface area (Å²) >= 11 is 3.24. The number of hydrogen-bond donors (Lipinski definition) is 2. The Labute approximate surface area is 139 Å². The number of nitrogens with two attached hydrogens (primary N) is 1. The summed E-state index contributed by atoms with van der Waals surface area (Å²) in [7, 11) is -2.12. The third-order valence-electron chi connectivity index (χ3n) is 2.66. The Balaban J connectivity index is 2.90. The molecule has 0 amide bonds. The maximum Gasteiger partial charge on any atom is 0.242 e. The SMILES string of the molecule is C=C/C=C(\C=C/COC)CNS(=O)(=O)c1cc(Br)ccc1N. The van der Waals surface area contributed by atoms with Gasteiger partial charge in [0.2, 0.25) is 10.0 Å². The summed E-state index contributed by atoms with van der Waals surface area (Å²) < 4.78 is 32.7. The van der Waals surface area contributed by atoms with Crippen LogP contribution in [0.5, 0.6) is 0 Å². The van der Waals surface area contributed by atoms with Crippen molar-refractivity contribution in [2.75, 3.05) is 26.0 Å². The summed E-state index contributed by atoms with van der Waals surface area (Å²) in [5, 5.41) is 0. The molecule has 0 saturated heterocycles. The van der Waals surface area contributed by atoms with E-state index in [1.165, 1.54) is 12.1 Å². The van der Waals surface area contributed by atoms with E-state index in [2.05, 4.69) is 27.2 Å². The highest BCUT2D eigenvalue weighted by molar-refractivity contribution is 9.10. The molecule has 7 heteroatoms. The first-order chi connectivity index (χ1) is 10.4. The standard InChI is InChI=1S/C15H19BrN2O3S/c1-3-5-12(6-4-9-21-2)11-18-22(19,20)15-10-13(16)7-8-14(15)17/h3-8,10,18H,1,9,11,17H2,2H3/b6-4-,12-5+. The predicted octanol–water partition coefficient (Wildman–Crippen LogP) is 2.62. The van der Waals surface area contributed by atoms with Crippen molar-refractivity contribution < 1.29 is 13.2 Å². The third kappa shape index (κ3) is 5.76. The zero-order valence-corrected chi connectivity index (χ0v) is 14.7. The van der Waals surface area contributed by atoms with Crippen LogP contribution < -0.4 is 10.5 Å². The average Bonchev–Trinajstić information content (AvgIpc) is 2.47. The number of nitrogen functional groups attached to an aromatic ring is 1. The summed E-state index contributed by atoms with van der Waals surface area (Å²) in [6.45, 7) is 4.18. The van der Waals surface area contributed by atoms with Gasteiger partial charge in [0.05, 0.1) is 12.3 Å². The number of hydrogen-bond acceptors (Lipinski definition) is 4. The molecule has 1 rings (SSSR count). The van der Waals surface area contributed by atoms with Crippen LogP contribution in [0.3, 0.4) is 0 Å². The molecule has 1 aromatic rings. The second kappa shape index (κ2) is 8.89. The molecular weight excluding hydrogens is 368 g/mol. The van der Waals surface area contributed by atoms with Gasteiger partial charge in [-0.3, -0.25) is 0 Å². The minimum absolute atomic E-state index is 0.0423. The Hall–Kier alpha value is -1.41. The van der Waals surface area contributed by atoms with Crippen LogP contribution in [0, 0.1) is 0 Å². The summed E-state index contributed by atoms with van der Waals surface area (Å²) in [5.74, 6) is 0. The number of ether oxygens (including phenoxy) is 1. The van der Waals surface area contributed by atoms with Crippen LogP contribution >= 0.6 is 15.9 Å². The Bertz CT molecular complexity index is 682. The molecule has 0 unspecified atom stereocenters. The van der Waals surface area contributed by atoms with Gasteiger partial charge >= 0.3 is 0 Å². The molecule has 22 heavy (non-hydrogen) atoms. The van der Waals surface area contributed by atoms with Crippen LogP contribution in [0.25, 0.3) is 0 Å². The molecule has 0 aliphatic carbocycles. The highest BCUT2D eigenvalue weighted by Gasteiger charge is 2.17. The molecule has 0 bridgehead atoms. The van der Waals surface area contributed by atoms with E-state index < -0.39 is 10.0 Å². The van der Waals surface area contributed by atoms with Gasteiger partial charge in [0.15, 0.2) is 0 Å². The monoisotopic (exact) mass is 386 g/mol. The molecule has 1 aromatic carbocycles. The number of sulfonamides is 1. The van der Waals surface area contributed by atoms with E-state index in [9.17, 15) is 8.42 Å². The number of anilines is 1. The smallest absolute Gasteiger partial charge is 0.242 e. The molecular formula is C15H19BrN2O3S. The normalized spacial score (nSPS) is 12.7. The summed E-state index contributed by atoms with van der Waals surface area (Å²) in [6.07, 6.45) is 6.88. The Morgan fingerprint density at radius 1 is 1.50 bits per heavy atom. The first-order valence-electron chi connectivity index (χ1n) is 6.42. The molecule has 0 saturated carbocycles. The maximum absolute atomic E-state index is 12.3. The lowest BCUT2D eigenvalue weighted by Crippen LogP contribution is -2.26. The van der Waals surface area contributed by atoms with Gasteiger partial charge < -0.3 is 10.5 Å². The van der Waals surface area contributed by atoms with Gasteiger partial charge in [-0.15, -0.1) is 0 Å². The quantitative estimate of drug-likeness (QED) is 0.531. The minimum atomic E-state index is -3.70. The van der Waals surface area contributed by atoms with Crippen molar-refractivity contribution in [1.82, 2.24) is 4.72 Å². The predicted molar refractivity (Wildman–Crippen MR) is 93.0 cm³/mol. The van der Waals surface area contributed by atoms with Crippen LogP contribution in [-0.4, -0.2) is 28.7 Å². The van der Waals surface area contributed by atoms with E-state index in [1.54, 1.807) is 37.5 Å². The van der Waals surface area contributed by atoms with E-state index in [4.69, 9.17) is 10.5 Å². The molecule has 0 atom stereocenters. The van der Waals surface area contributed by atoms with Gasteiger partial charge in [0.1, 0.15) is 4.90 Å². The highest BCUT2D eigenvalue weighted by Crippen LogP contribution is 2.22. The van der Waals surface area contributed by atoms with Crippen LogP contribution in [0.4, 0.5) is 5.69 Å². The van der Waals surface area contributed by atoms with Crippen molar-refractivity contribution in [1.29, 1.82) is 0 Å². The third-order valence-corrected chi connectivity index (χ3v) is 4.61. The fourth-order valence-electron chi connectivity index (χ4n) is 1.62. The van der Waals surface area contributed by atoms with E-state index >= 15 is 0 Å². The van der Waals surface area contributed by atoms with E-state index in [0.29, 0.717) is 11.1 Å². The van der Waals surface area contributed by atoms with Crippen molar-refractivity contribution in [3.05, 3.63) is 59.1 Å². The van der Waals surface area contributed by atoms with E-state index in [-0.39, 0.29) is 17.1 Å². The Kier molecular flexibility index (Phi) is 7.53. The zero-order chi connectivity index (χ0) is 16.6. The number of methoxy groups -OCH3 is 1. The van der Waals surface area contributed by atoms with Crippen LogP contribution in [-0.2, 0) is 14.8 Å². The van der Waals surface area contributed by atoms with Crippen molar-refractivity contribution >= 4 is 31.6 Å². The molecule has 120 valence electrons. The van der Waals surface area contributed by atoms with Crippen molar-refractivity contribution in [2.24, 2.45) is 0 Å². The second-order valence-corrected chi connectivity index (χ2v) is 6.99. The van der Waals surface area contributed by atoms with E-state index in [0.717, 1.165) is 5.57 Å². The number of allylic oxidation sites excluding steroid dienone is 2. The van der Waals surface area contributed by atoms with Crippen molar-refractivity contribution in [3.63, 3.8) is 0 Å². The van der Waals surface area contributed by atoms with Gasteiger partial charge in [-0.05, 0) is 23.8 Å². The fourth-order valence-corrected chi connectivity index (χ4v) is 3.30.